The van der Waals surface area contributed by atoms with Crippen molar-refractivity contribution < 1.29 is 18.0 Å². The molecule has 1 aliphatic carbocycles. The first-order chi connectivity index (χ1) is 6.38. The Kier molecular flexibility index (Phi) is 3.36. The zero-order valence-electron chi connectivity index (χ0n) is 7.60. The molecule has 1 fully saturated rings. The first-order valence-corrected chi connectivity index (χ1v) is 4.47. The summed E-state index contributed by atoms with van der Waals surface area (Å²) >= 11 is 0. The second-order valence-electron chi connectivity index (χ2n) is 3.60. The number of hydrogen-bond donors (Lipinski definition) is 2. The first kappa shape index (κ1) is 11.3. The van der Waals surface area contributed by atoms with E-state index in [1.165, 1.54) is 0 Å². The average molecular weight is 210 g/mol. The van der Waals surface area contributed by atoms with Crippen LogP contribution in [0.25, 0.3) is 0 Å². The normalized spacial score (nSPS) is 19.1. The maximum Gasteiger partial charge on any atom is 0.405 e. The average Bonchev–Trinajstić information content (AvgIpc) is 2.81. The molecule has 0 radical (unpaired) electrons. The molecule has 0 aliphatic heterocycles. The van der Waals surface area contributed by atoms with Crippen molar-refractivity contribution in [2.45, 2.75) is 31.5 Å². The summed E-state index contributed by atoms with van der Waals surface area (Å²) in [5.41, 5.74) is 5.58. The summed E-state index contributed by atoms with van der Waals surface area (Å²) in [6.07, 6.45) is -2.40. The Morgan fingerprint density at radius 2 is 2.07 bits per heavy atom. The topological polar surface area (TPSA) is 55.1 Å². The molecule has 0 saturated heterocycles. The molecule has 1 aliphatic rings. The van der Waals surface area contributed by atoms with Gasteiger partial charge in [0.15, 0.2) is 0 Å². The molecule has 0 heterocycles. The van der Waals surface area contributed by atoms with Crippen molar-refractivity contribution in [3.63, 3.8) is 0 Å². The molecule has 0 spiro atoms. The van der Waals surface area contributed by atoms with E-state index in [1.807, 2.05) is 0 Å². The van der Waals surface area contributed by atoms with Gasteiger partial charge < -0.3 is 11.1 Å². The zero-order chi connectivity index (χ0) is 10.8. The zero-order valence-corrected chi connectivity index (χ0v) is 7.60. The van der Waals surface area contributed by atoms with Gasteiger partial charge in [0.1, 0.15) is 6.54 Å². The second-order valence-corrected chi connectivity index (χ2v) is 3.60. The molecule has 82 valence electrons. The number of nitrogens with one attached hydrogen (secondary N) is 1. The van der Waals surface area contributed by atoms with Gasteiger partial charge in [-0.2, -0.15) is 13.2 Å². The van der Waals surface area contributed by atoms with E-state index in [0.717, 1.165) is 12.8 Å². The van der Waals surface area contributed by atoms with Crippen LogP contribution < -0.4 is 11.1 Å². The Balaban J connectivity index is 2.15. The lowest BCUT2D eigenvalue weighted by Gasteiger charge is -2.11. The van der Waals surface area contributed by atoms with Gasteiger partial charge >= 0.3 is 6.18 Å². The molecule has 6 heteroatoms. The predicted octanol–water partition coefficient (Wildman–Crippen LogP) is 0.792. The molecule has 3 N–H and O–H groups in total. The molecule has 1 atom stereocenters. The molecule has 3 nitrogen and oxygen atoms in total. The quantitative estimate of drug-likeness (QED) is 0.720. The Morgan fingerprint density at radius 1 is 1.50 bits per heavy atom. The van der Waals surface area contributed by atoms with Crippen molar-refractivity contribution in [3.8, 4) is 0 Å². The van der Waals surface area contributed by atoms with Crippen LogP contribution in [-0.4, -0.2) is 24.7 Å². The highest BCUT2D eigenvalue weighted by molar-refractivity contribution is 5.76. The van der Waals surface area contributed by atoms with Gasteiger partial charge in [-0.15, -0.1) is 0 Å². The Bertz CT molecular complexity index is 213. The summed E-state index contributed by atoms with van der Waals surface area (Å²) in [5.74, 6) is -0.298. The van der Waals surface area contributed by atoms with Crippen LogP contribution in [0.15, 0.2) is 0 Å². The molecule has 0 bridgehead atoms. The molecular formula is C8H13F3N2O. The highest BCUT2D eigenvalue weighted by Gasteiger charge is 2.31. The number of alkyl halides is 3. The fourth-order valence-corrected chi connectivity index (χ4v) is 1.18. The van der Waals surface area contributed by atoms with E-state index in [2.05, 4.69) is 0 Å². The van der Waals surface area contributed by atoms with Crippen molar-refractivity contribution in [2.75, 3.05) is 6.54 Å². The SMILES string of the molecule is NC(CC(=O)NCC(F)(F)F)C1CC1. The lowest BCUT2D eigenvalue weighted by molar-refractivity contribution is -0.138. The van der Waals surface area contributed by atoms with Gasteiger partial charge in [0.05, 0.1) is 0 Å². The summed E-state index contributed by atoms with van der Waals surface area (Å²) in [6.45, 7) is -1.27. The van der Waals surface area contributed by atoms with Gasteiger partial charge in [-0.25, -0.2) is 0 Å². The van der Waals surface area contributed by atoms with Gasteiger partial charge in [0, 0.05) is 12.5 Å². The monoisotopic (exact) mass is 210 g/mol. The van der Waals surface area contributed by atoms with Gasteiger partial charge in [0.2, 0.25) is 5.91 Å². The summed E-state index contributed by atoms with van der Waals surface area (Å²) in [6, 6.07) is -0.289. The van der Waals surface area contributed by atoms with E-state index < -0.39 is 18.6 Å². The van der Waals surface area contributed by atoms with E-state index in [-0.39, 0.29) is 12.5 Å². The summed E-state index contributed by atoms with van der Waals surface area (Å²) in [7, 11) is 0. The number of rotatable bonds is 4. The van der Waals surface area contributed by atoms with Crippen LogP contribution in [-0.2, 0) is 4.79 Å². The highest BCUT2D eigenvalue weighted by Crippen LogP contribution is 2.32. The molecule has 1 unspecified atom stereocenters. The van der Waals surface area contributed by atoms with E-state index in [9.17, 15) is 18.0 Å². The maximum atomic E-state index is 11.7. The molecule has 0 aromatic rings. The molecule has 0 aromatic carbocycles. The van der Waals surface area contributed by atoms with Gasteiger partial charge in [0.25, 0.3) is 0 Å². The molecule has 14 heavy (non-hydrogen) atoms. The molecular weight excluding hydrogens is 197 g/mol. The molecule has 0 aromatic heterocycles. The Hall–Kier alpha value is -0.780. The minimum Gasteiger partial charge on any atom is -0.347 e. The van der Waals surface area contributed by atoms with Crippen LogP contribution in [0.2, 0.25) is 0 Å². The number of carbonyl (C=O) groups excluding carboxylic acids is 1. The number of hydrogen-bond acceptors (Lipinski definition) is 2. The summed E-state index contributed by atoms with van der Waals surface area (Å²) < 4.78 is 35.0. The Labute approximate surface area is 79.8 Å². The molecule has 1 rings (SSSR count). The van der Waals surface area contributed by atoms with Gasteiger partial charge in [-0.3, -0.25) is 4.79 Å². The molecule has 1 amide bonds. The second kappa shape index (κ2) is 4.16. The third-order valence-corrected chi connectivity index (χ3v) is 2.13. The lowest BCUT2D eigenvalue weighted by atomic mass is 10.1. The third-order valence-electron chi connectivity index (χ3n) is 2.13. The number of carbonyl (C=O) groups is 1. The fourth-order valence-electron chi connectivity index (χ4n) is 1.18. The number of halogens is 3. The maximum absolute atomic E-state index is 11.7. The van der Waals surface area contributed by atoms with Crippen molar-refractivity contribution >= 4 is 5.91 Å². The lowest BCUT2D eigenvalue weighted by Crippen LogP contribution is -2.37. The van der Waals surface area contributed by atoms with Crippen molar-refractivity contribution in [1.29, 1.82) is 0 Å². The minimum absolute atomic E-state index is 0.0131. The van der Waals surface area contributed by atoms with Crippen molar-refractivity contribution in [1.82, 2.24) is 5.32 Å². The first-order valence-electron chi connectivity index (χ1n) is 4.47. The van der Waals surface area contributed by atoms with Crippen LogP contribution in [0, 0.1) is 5.92 Å². The van der Waals surface area contributed by atoms with E-state index in [4.69, 9.17) is 5.73 Å². The van der Waals surface area contributed by atoms with Crippen LogP contribution >= 0.6 is 0 Å². The number of nitrogens with two attached hydrogens (primary N) is 1. The predicted molar refractivity (Wildman–Crippen MR) is 44.4 cm³/mol. The van der Waals surface area contributed by atoms with Gasteiger partial charge in [-0.1, -0.05) is 0 Å². The standard InChI is InChI=1S/C8H13F3N2O/c9-8(10,11)4-13-7(14)3-6(12)5-1-2-5/h5-6H,1-4,12H2,(H,13,14). The summed E-state index contributed by atoms with van der Waals surface area (Å²) in [5, 5.41) is 1.79. The van der Waals surface area contributed by atoms with Crippen LogP contribution in [0.5, 0.6) is 0 Å². The van der Waals surface area contributed by atoms with Crippen LogP contribution in [0.3, 0.4) is 0 Å². The minimum atomic E-state index is -4.35. The van der Waals surface area contributed by atoms with E-state index in [0.29, 0.717) is 5.92 Å². The number of amides is 1. The van der Waals surface area contributed by atoms with Gasteiger partial charge in [-0.05, 0) is 18.8 Å². The Morgan fingerprint density at radius 3 is 2.50 bits per heavy atom. The van der Waals surface area contributed by atoms with Crippen LogP contribution in [0.1, 0.15) is 19.3 Å². The van der Waals surface area contributed by atoms with E-state index >= 15 is 0 Å². The van der Waals surface area contributed by atoms with Crippen molar-refractivity contribution in [3.05, 3.63) is 0 Å². The van der Waals surface area contributed by atoms with Crippen molar-refractivity contribution in [2.24, 2.45) is 11.7 Å². The largest absolute Gasteiger partial charge is 0.405 e. The fraction of sp³-hybridized carbons (Fsp3) is 0.875. The summed E-state index contributed by atoms with van der Waals surface area (Å²) in [4.78, 5) is 10.9. The smallest absolute Gasteiger partial charge is 0.347 e. The van der Waals surface area contributed by atoms with E-state index in [1.54, 1.807) is 5.32 Å². The molecule has 1 saturated carbocycles. The van der Waals surface area contributed by atoms with Crippen LogP contribution in [0.4, 0.5) is 13.2 Å². The third kappa shape index (κ3) is 4.45. The highest BCUT2D eigenvalue weighted by atomic mass is 19.4.